The molecule has 2 fully saturated rings. The Bertz CT molecular complexity index is 960. The van der Waals surface area contributed by atoms with Crippen LogP contribution in [0, 0.1) is 5.92 Å². The van der Waals surface area contributed by atoms with Crippen LogP contribution in [0.2, 0.25) is 0 Å². The maximum Gasteiger partial charge on any atom is 0.324 e. The standard InChI is InChI=1S/C21H20N4O4/c26-18-10-15(13-24(18)17-7-2-1-3-8-17)20(28)23-16-6-4-5-14(9-16)12-25-19(27)11-22-21(25)29/h1-9,15H,10-13H2,(H,22,29)(H,23,28). The van der Waals surface area contributed by atoms with Crippen LogP contribution >= 0.6 is 0 Å². The van der Waals surface area contributed by atoms with Crippen molar-refractivity contribution in [3.8, 4) is 0 Å². The van der Waals surface area contributed by atoms with Crippen LogP contribution in [0.1, 0.15) is 12.0 Å². The fourth-order valence-electron chi connectivity index (χ4n) is 3.53. The molecule has 2 saturated heterocycles. The Morgan fingerprint density at radius 1 is 1.03 bits per heavy atom. The zero-order valence-electron chi connectivity index (χ0n) is 15.6. The van der Waals surface area contributed by atoms with Gasteiger partial charge >= 0.3 is 6.03 Å². The summed E-state index contributed by atoms with van der Waals surface area (Å²) in [5.74, 6) is -1.04. The van der Waals surface area contributed by atoms with Crippen molar-refractivity contribution in [2.45, 2.75) is 13.0 Å². The number of carbonyl (C=O) groups is 4. The number of para-hydroxylation sites is 1. The minimum Gasteiger partial charge on any atom is -0.329 e. The van der Waals surface area contributed by atoms with Crippen LogP contribution in [0.3, 0.4) is 0 Å². The molecule has 8 heteroatoms. The SMILES string of the molecule is O=C(Nc1cccc(CN2C(=O)CNC2=O)c1)C1CC(=O)N(c2ccccc2)C1. The number of carbonyl (C=O) groups excluding carboxylic acids is 4. The van der Waals surface area contributed by atoms with E-state index in [0.717, 1.165) is 16.2 Å². The van der Waals surface area contributed by atoms with Crippen molar-refractivity contribution < 1.29 is 19.2 Å². The van der Waals surface area contributed by atoms with E-state index in [0.29, 0.717) is 12.2 Å². The van der Waals surface area contributed by atoms with Gasteiger partial charge in [0.1, 0.15) is 0 Å². The van der Waals surface area contributed by atoms with Crippen LogP contribution in [0.5, 0.6) is 0 Å². The summed E-state index contributed by atoms with van der Waals surface area (Å²) in [6.45, 7) is 0.470. The summed E-state index contributed by atoms with van der Waals surface area (Å²) in [5.41, 5.74) is 2.06. The molecule has 0 aromatic heterocycles. The van der Waals surface area contributed by atoms with Gasteiger partial charge in [0.05, 0.1) is 19.0 Å². The number of benzene rings is 2. The van der Waals surface area contributed by atoms with Gasteiger partial charge in [-0.1, -0.05) is 30.3 Å². The molecule has 2 aliphatic rings. The molecule has 2 aromatic carbocycles. The largest absolute Gasteiger partial charge is 0.329 e. The van der Waals surface area contributed by atoms with Crippen molar-refractivity contribution in [3.63, 3.8) is 0 Å². The van der Waals surface area contributed by atoms with E-state index in [2.05, 4.69) is 10.6 Å². The summed E-state index contributed by atoms with van der Waals surface area (Å²) in [6, 6.07) is 15.8. The minimum absolute atomic E-state index is 0.00286. The summed E-state index contributed by atoms with van der Waals surface area (Å²) in [6.07, 6.45) is 0.156. The molecule has 5 amide bonds. The molecule has 1 unspecified atom stereocenters. The normalized spacial score (nSPS) is 18.9. The summed E-state index contributed by atoms with van der Waals surface area (Å²) in [5, 5.41) is 5.32. The molecular formula is C21H20N4O4. The maximum atomic E-state index is 12.7. The number of hydrogen-bond donors (Lipinski definition) is 2. The Labute approximate surface area is 167 Å². The third kappa shape index (κ3) is 3.96. The molecule has 4 rings (SSSR count). The molecule has 2 N–H and O–H groups in total. The fraction of sp³-hybridized carbons (Fsp3) is 0.238. The van der Waals surface area contributed by atoms with Crippen LogP contribution < -0.4 is 15.5 Å². The van der Waals surface area contributed by atoms with Gasteiger partial charge in [0, 0.05) is 24.3 Å². The van der Waals surface area contributed by atoms with Crippen molar-refractivity contribution in [1.82, 2.24) is 10.2 Å². The second kappa shape index (κ2) is 7.75. The lowest BCUT2D eigenvalue weighted by Gasteiger charge is -2.17. The first kappa shape index (κ1) is 18.7. The molecular weight excluding hydrogens is 372 g/mol. The molecule has 0 aliphatic carbocycles. The second-order valence-corrected chi connectivity index (χ2v) is 7.07. The maximum absolute atomic E-state index is 12.7. The highest BCUT2D eigenvalue weighted by molar-refractivity contribution is 6.04. The number of nitrogens with one attached hydrogen (secondary N) is 2. The third-order valence-corrected chi connectivity index (χ3v) is 5.04. The van der Waals surface area contributed by atoms with E-state index >= 15 is 0 Å². The molecule has 0 radical (unpaired) electrons. The molecule has 0 spiro atoms. The Morgan fingerprint density at radius 2 is 1.83 bits per heavy atom. The number of anilines is 2. The van der Waals surface area contributed by atoms with Crippen molar-refractivity contribution in [2.75, 3.05) is 23.3 Å². The number of rotatable bonds is 5. The lowest BCUT2D eigenvalue weighted by Crippen LogP contribution is -2.30. The molecule has 8 nitrogen and oxygen atoms in total. The van der Waals surface area contributed by atoms with Crippen molar-refractivity contribution in [3.05, 3.63) is 60.2 Å². The van der Waals surface area contributed by atoms with Crippen LogP contribution in [0.4, 0.5) is 16.2 Å². The minimum atomic E-state index is -0.447. The molecule has 2 aliphatic heterocycles. The van der Waals surface area contributed by atoms with Crippen LogP contribution in [-0.4, -0.2) is 41.7 Å². The van der Waals surface area contributed by atoms with E-state index in [4.69, 9.17) is 0 Å². The monoisotopic (exact) mass is 392 g/mol. The average Bonchev–Trinajstić information content (AvgIpc) is 3.26. The number of amides is 5. The van der Waals surface area contributed by atoms with Gasteiger partial charge in [-0.2, -0.15) is 0 Å². The average molecular weight is 392 g/mol. The molecule has 29 heavy (non-hydrogen) atoms. The second-order valence-electron chi connectivity index (χ2n) is 7.07. The first-order valence-corrected chi connectivity index (χ1v) is 9.34. The Kier molecular flexibility index (Phi) is 4.99. The molecule has 2 heterocycles. The van der Waals surface area contributed by atoms with E-state index in [9.17, 15) is 19.2 Å². The van der Waals surface area contributed by atoms with E-state index in [-0.39, 0.29) is 37.2 Å². The zero-order chi connectivity index (χ0) is 20.4. The van der Waals surface area contributed by atoms with E-state index in [1.807, 2.05) is 30.3 Å². The van der Waals surface area contributed by atoms with Crippen LogP contribution in [0.15, 0.2) is 54.6 Å². The number of nitrogens with zero attached hydrogens (tertiary/aromatic N) is 2. The topological polar surface area (TPSA) is 98.8 Å². The fourth-order valence-corrected chi connectivity index (χ4v) is 3.53. The third-order valence-electron chi connectivity index (χ3n) is 5.04. The van der Waals surface area contributed by atoms with E-state index in [1.54, 1.807) is 29.2 Å². The Hall–Kier alpha value is -3.68. The lowest BCUT2D eigenvalue weighted by molar-refractivity contribution is -0.125. The number of hydrogen-bond acceptors (Lipinski definition) is 4. The van der Waals surface area contributed by atoms with Gasteiger partial charge in [-0.05, 0) is 29.8 Å². The van der Waals surface area contributed by atoms with Gasteiger partial charge in [-0.3, -0.25) is 19.3 Å². The summed E-state index contributed by atoms with van der Waals surface area (Å²) >= 11 is 0. The molecule has 148 valence electrons. The predicted molar refractivity (Wildman–Crippen MR) is 106 cm³/mol. The summed E-state index contributed by atoms with van der Waals surface area (Å²) in [7, 11) is 0. The van der Waals surface area contributed by atoms with Crippen molar-refractivity contribution >= 4 is 35.1 Å². The van der Waals surface area contributed by atoms with Crippen LogP contribution in [0.25, 0.3) is 0 Å². The van der Waals surface area contributed by atoms with Gasteiger partial charge in [-0.25, -0.2) is 4.79 Å². The summed E-state index contributed by atoms with van der Waals surface area (Å²) in [4.78, 5) is 51.2. The first-order valence-electron chi connectivity index (χ1n) is 9.34. The first-order chi connectivity index (χ1) is 14.0. The predicted octanol–water partition coefficient (Wildman–Crippen LogP) is 1.73. The highest BCUT2D eigenvalue weighted by Gasteiger charge is 2.35. The molecule has 2 aromatic rings. The van der Waals surface area contributed by atoms with Gasteiger partial charge in [-0.15, -0.1) is 0 Å². The summed E-state index contributed by atoms with van der Waals surface area (Å²) < 4.78 is 0. The Balaban J connectivity index is 1.41. The van der Waals surface area contributed by atoms with Crippen LogP contribution in [-0.2, 0) is 20.9 Å². The highest BCUT2D eigenvalue weighted by atomic mass is 16.2. The zero-order valence-corrected chi connectivity index (χ0v) is 15.6. The lowest BCUT2D eigenvalue weighted by atomic mass is 10.1. The van der Waals surface area contributed by atoms with Crippen molar-refractivity contribution in [1.29, 1.82) is 0 Å². The Morgan fingerprint density at radius 3 is 2.55 bits per heavy atom. The van der Waals surface area contributed by atoms with Gasteiger partial charge in [0.2, 0.25) is 17.7 Å². The number of urea groups is 1. The van der Waals surface area contributed by atoms with Gasteiger partial charge in [0.15, 0.2) is 0 Å². The molecule has 0 bridgehead atoms. The highest BCUT2D eigenvalue weighted by Crippen LogP contribution is 2.26. The number of imide groups is 1. The molecule has 0 saturated carbocycles. The van der Waals surface area contributed by atoms with Gasteiger partial charge < -0.3 is 15.5 Å². The smallest absolute Gasteiger partial charge is 0.324 e. The van der Waals surface area contributed by atoms with Crippen molar-refractivity contribution in [2.24, 2.45) is 5.92 Å². The molecule has 1 atom stereocenters. The van der Waals surface area contributed by atoms with E-state index in [1.165, 1.54) is 0 Å². The van der Waals surface area contributed by atoms with Gasteiger partial charge in [0.25, 0.3) is 0 Å². The van der Waals surface area contributed by atoms with E-state index < -0.39 is 11.9 Å². The quantitative estimate of drug-likeness (QED) is 0.757.